The van der Waals surface area contributed by atoms with Crippen molar-refractivity contribution in [2.24, 2.45) is 11.8 Å². The number of benzene rings is 1. The average molecular weight is 1140 g/mol. The first-order valence-corrected chi connectivity index (χ1v) is 28.7. The largest absolute Gasteiger partial charge is 0.572 e. The summed E-state index contributed by atoms with van der Waals surface area (Å²) in [6, 6.07) is 6.61. The molecule has 2 atom stereocenters. The number of nitrogens with zero attached hydrogens (tertiary/aromatic N) is 3. The molecule has 2 aromatic rings. The number of amides is 3. The molecule has 1 aromatic carbocycles. The molecule has 81 heavy (non-hydrogen) atoms. The van der Waals surface area contributed by atoms with Crippen LogP contribution in [0.25, 0.3) is 0 Å². The van der Waals surface area contributed by atoms with Gasteiger partial charge < -0.3 is 65.1 Å². The van der Waals surface area contributed by atoms with Crippen LogP contribution in [0.3, 0.4) is 0 Å². The van der Waals surface area contributed by atoms with Crippen molar-refractivity contribution < 1.29 is 65.5 Å². The van der Waals surface area contributed by atoms with E-state index in [1.807, 2.05) is 13.0 Å². The highest BCUT2D eigenvalue weighted by molar-refractivity contribution is 6.07. The molecule has 24 heteroatoms. The van der Waals surface area contributed by atoms with E-state index in [9.17, 15) is 37.6 Å². The summed E-state index contributed by atoms with van der Waals surface area (Å²) in [5.74, 6) is -0.635. The van der Waals surface area contributed by atoms with Gasteiger partial charge in [-0.2, -0.15) is 10.2 Å². The Morgan fingerprint density at radius 1 is 0.778 bits per heavy atom. The van der Waals surface area contributed by atoms with Gasteiger partial charge in [0.05, 0.1) is 90.0 Å². The number of alkyl halides is 3. The van der Waals surface area contributed by atoms with Crippen molar-refractivity contribution in [2.75, 3.05) is 135 Å². The molecule has 1 aromatic heterocycles. The third-order valence-corrected chi connectivity index (χ3v) is 13.8. The molecule has 2 heterocycles. The Bertz CT molecular complexity index is 2300. The van der Waals surface area contributed by atoms with E-state index in [-0.39, 0.29) is 60.5 Å². The molecule has 0 bridgehead atoms. The number of ether oxygens (including phenoxy) is 7. The van der Waals surface area contributed by atoms with Gasteiger partial charge in [-0.15, -0.1) is 13.2 Å². The topological polar surface area (TPSA) is 267 Å². The van der Waals surface area contributed by atoms with Crippen LogP contribution in [0.15, 0.2) is 47.9 Å². The predicted octanol–water partition coefficient (Wildman–Crippen LogP) is 6.59. The lowest BCUT2D eigenvalue weighted by atomic mass is 9.86. The van der Waals surface area contributed by atoms with Gasteiger partial charge in [0.2, 0.25) is 17.8 Å². The van der Waals surface area contributed by atoms with Crippen molar-refractivity contribution in [1.82, 2.24) is 31.2 Å². The molecule has 5 rings (SSSR count). The van der Waals surface area contributed by atoms with Crippen LogP contribution in [0, 0.1) is 23.2 Å². The standard InChI is InChI=1S/C57H85F3N10O11/c1-42-12-15-44(51(36-42)81-57(58,59)60)39-66-56-67-40-45(37-61)53(70-56)65-38-43-13-16-46(17-14-43)63-22-7-5-3-2-4-6-20-62-21-9-24-75-26-28-77-30-32-79-34-35-80-33-31-78-29-27-76-25-23-64-49-11-8-10-47(48(49)41-71)54(73)68-50-18-19-52(72)69-55(50)74/h8,10-12,15,40-43,46,50,62-64H,2-7,9,13-14,16-36,38-39H2,1H3,(H,68,73)(H,69,72,74)(H2,65,66,67,70)/t42-,43?,46?,50?/m1/s1. The number of imide groups is 1. The van der Waals surface area contributed by atoms with Gasteiger partial charge in [-0.1, -0.05) is 50.8 Å². The van der Waals surface area contributed by atoms with E-state index in [0.717, 1.165) is 51.7 Å². The summed E-state index contributed by atoms with van der Waals surface area (Å²) in [5, 5.41) is 31.1. The molecule has 1 unspecified atom stereocenters. The van der Waals surface area contributed by atoms with E-state index in [4.69, 9.17) is 28.4 Å². The van der Waals surface area contributed by atoms with Gasteiger partial charge in [0.15, 0.2) is 6.29 Å². The highest BCUT2D eigenvalue weighted by Crippen LogP contribution is 2.31. The molecule has 7 N–H and O–H groups in total. The second-order valence-electron chi connectivity index (χ2n) is 20.2. The van der Waals surface area contributed by atoms with Crippen molar-refractivity contribution in [1.29, 1.82) is 5.26 Å². The monoisotopic (exact) mass is 1140 g/mol. The number of hydrogen-bond acceptors (Lipinski definition) is 19. The van der Waals surface area contributed by atoms with Crippen molar-refractivity contribution in [3.05, 3.63) is 64.6 Å². The maximum atomic E-state index is 13.0. The number of hydrogen-bond donors (Lipinski definition) is 7. The summed E-state index contributed by atoms with van der Waals surface area (Å²) in [4.78, 5) is 56.8. The fourth-order valence-electron chi connectivity index (χ4n) is 9.32. The number of unbranched alkanes of at least 4 members (excludes halogenated alkanes) is 5. The van der Waals surface area contributed by atoms with Crippen LogP contribution in [0.2, 0.25) is 0 Å². The number of allylic oxidation sites excluding steroid dienone is 2. The molecule has 1 saturated carbocycles. The van der Waals surface area contributed by atoms with Gasteiger partial charge >= 0.3 is 6.36 Å². The molecule has 1 aliphatic heterocycles. The van der Waals surface area contributed by atoms with Gasteiger partial charge in [0.25, 0.3) is 5.91 Å². The number of piperidine rings is 1. The first-order valence-electron chi connectivity index (χ1n) is 28.7. The number of carbonyl (C=O) groups excluding carboxylic acids is 4. The smallest absolute Gasteiger partial charge is 0.410 e. The molecule has 3 amide bonds. The van der Waals surface area contributed by atoms with Crippen LogP contribution in [-0.2, 0) is 42.7 Å². The molecular formula is C57H85F3N10O11. The van der Waals surface area contributed by atoms with Gasteiger partial charge in [0.1, 0.15) is 29.3 Å². The Balaban J connectivity index is 0.719. The summed E-state index contributed by atoms with van der Waals surface area (Å²) in [5.41, 5.74) is 1.44. The Morgan fingerprint density at radius 3 is 2.05 bits per heavy atom. The number of nitriles is 1. The van der Waals surface area contributed by atoms with E-state index >= 15 is 0 Å². The van der Waals surface area contributed by atoms with E-state index in [1.165, 1.54) is 50.8 Å². The first-order chi connectivity index (χ1) is 39.4. The zero-order chi connectivity index (χ0) is 57.8. The maximum absolute atomic E-state index is 13.0. The Hall–Kier alpha value is -5.78. The first kappa shape index (κ1) is 66.0. The lowest BCUT2D eigenvalue weighted by Gasteiger charge is -2.29. The summed E-state index contributed by atoms with van der Waals surface area (Å²) in [7, 11) is 0. The normalized spacial score (nSPS) is 18.3. The molecule has 0 radical (unpaired) electrons. The Morgan fingerprint density at radius 2 is 1.41 bits per heavy atom. The molecule has 1 saturated heterocycles. The maximum Gasteiger partial charge on any atom is 0.572 e. The lowest BCUT2D eigenvalue weighted by Crippen LogP contribution is -2.52. The summed E-state index contributed by atoms with van der Waals surface area (Å²) in [6.07, 6.45) is 13.8. The van der Waals surface area contributed by atoms with Crippen molar-refractivity contribution in [3.8, 4) is 6.07 Å². The van der Waals surface area contributed by atoms with Gasteiger partial charge in [-0.25, -0.2) is 4.98 Å². The highest BCUT2D eigenvalue weighted by Gasteiger charge is 2.34. The molecule has 2 fully saturated rings. The molecule has 3 aliphatic rings. The second-order valence-corrected chi connectivity index (χ2v) is 20.2. The summed E-state index contributed by atoms with van der Waals surface area (Å²) < 4.78 is 76.8. The predicted molar refractivity (Wildman–Crippen MR) is 299 cm³/mol. The number of anilines is 3. The second kappa shape index (κ2) is 38.8. The molecule has 21 nitrogen and oxygen atoms in total. The van der Waals surface area contributed by atoms with Crippen LogP contribution < -0.4 is 37.2 Å². The van der Waals surface area contributed by atoms with Crippen LogP contribution in [0.5, 0.6) is 0 Å². The van der Waals surface area contributed by atoms with Gasteiger partial charge in [-0.3, -0.25) is 24.5 Å². The summed E-state index contributed by atoms with van der Waals surface area (Å²) >= 11 is 0. The number of aldehydes is 1. The fourth-order valence-corrected chi connectivity index (χ4v) is 9.32. The van der Waals surface area contributed by atoms with Gasteiger partial charge in [0, 0.05) is 56.4 Å². The molecular weight excluding hydrogens is 1060 g/mol. The fraction of sp³-hybridized carbons (Fsp3) is 0.667. The van der Waals surface area contributed by atoms with Crippen LogP contribution >= 0.6 is 0 Å². The Kier molecular flexibility index (Phi) is 31.7. The van der Waals surface area contributed by atoms with Crippen molar-refractivity contribution in [2.45, 2.75) is 115 Å². The van der Waals surface area contributed by atoms with E-state index < -0.39 is 24.2 Å². The highest BCUT2D eigenvalue weighted by atomic mass is 19.4. The van der Waals surface area contributed by atoms with Gasteiger partial charge in [-0.05, 0) is 95.0 Å². The van der Waals surface area contributed by atoms with Crippen LogP contribution in [0.4, 0.5) is 30.6 Å². The number of aromatic nitrogens is 2. The Labute approximate surface area is 474 Å². The third-order valence-electron chi connectivity index (χ3n) is 13.8. The SMILES string of the molecule is C[C@@H]1C=CC(CNc2ncc(C#N)c(NCC3CCC(NCCCCCCCCNCCCOCCOCCOCCOCCOCCOCCNc4cccc(C(=O)NC5CCC(=O)NC5=O)c4C=O)CC3)n2)=C(OC(F)(F)F)C1. The number of halogens is 3. The third kappa shape index (κ3) is 27.2. The number of rotatable bonds is 43. The van der Waals surface area contributed by atoms with Crippen molar-refractivity contribution >= 4 is 41.5 Å². The zero-order valence-corrected chi connectivity index (χ0v) is 46.9. The van der Waals surface area contributed by atoms with E-state index in [0.29, 0.717) is 133 Å². The minimum atomic E-state index is -4.77. The quantitative estimate of drug-likeness (QED) is 0.0210. The zero-order valence-electron chi connectivity index (χ0n) is 46.9. The van der Waals surface area contributed by atoms with Crippen LogP contribution in [0.1, 0.15) is 123 Å². The van der Waals surface area contributed by atoms with E-state index in [1.54, 1.807) is 18.2 Å². The average Bonchev–Trinajstić information content (AvgIpc) is 3.49. The number of nitrogens with one attached hydrogen (secondary N) is 7. The van der Waals surface area contributed by atoms with Crippen molar-refractivity contribution in [3.63, 3.8) is 0 Å². The van der Waals surface area contributed by atoms with Crippen LogP contribution in [-0.4, -0.2) is 171 Å². The van der Waals surface area contributed by atoms with E-state index in [2.05, 4.69) is 58.0 Å². The number of carbonyl (C=O) groups is 4. The molecule has 450 valence electrons. The minimum absolute atomic E-state index is 0.0542. The summed E-state index contributed by atoms with van der Waals surface area (Å²) in [6.45, 7) is 11.5. The lowest BCUT2D eigenvalue weighted by molar-refractivity contribution is -0.307. The minimum Gasteiger partial charge on any atom is -0.410 e. The molecule has 0 spiro atoms. The molecule has 2 aliphatic carbocycles.